The maximum absolute atomic E-state index is 14.0. The predicted molar refractivity (Wildman–Crippen MR) is 149 cm³/mol. The number of ether oxygens (including phenoxy) is 1. The Morgan fingerprint density at radius 1 is 1.44 bits per heavy atom. The van der Waals surface area contributed by atoms with E-state index in [2.05, 4.69) is 20.6 Å². The number of thiazole rings is 1. The molecule has 218 valence electrons. The Hall–Kier alpha value is -3.91. The van der Waals surface area contributed by atoms with E-state index in [0.717, 1.165) is 12.3 Å². The molecule has 10 nitrogen and oxygen atoms in total. The van der Waals surface area contributed by atoms with Crippen LogP contribution in [0.2, 0.25) is 5.02 Å². The number of halogens is 4. The van der Waals surface area contributed by atoms with Crippen molar-refractivity contribution in [2.24, 2.45) is 15.7 Å². The number of likely N-dealkylation sites (tertiary alicyclic amines) is 1. The van der Waals surface area contributed by atoms with E-state index in [1.54, 1.807) is 23.4 Å². The SMILES string of the molecule is CCOC(=O)NC[C@@H]1CCC(=O)N1CC1=C(C(N)=CC=NC(F)F)[C@H](c2ccc(F)cc2Cl)N=C(c2nccs2)N1. The minimum atomic E-state index is -2.94. The third-order valence-electron chi connectivity index (χ3n) is 6.32. The van der Waals surface area contributed by atoms with Crippen LogP contribution in [0.5, 0.6) is 0 Å². The number of amidine groups is 1. The van der Waals surface area contributed by atoms with Gasteiger partial charge in [-0.05, 0) is 31.6 Å². The van der Waals surface area contributed by atoms with Crippen LogP contribution in [0.25, 0.3) is 0 Å². The second kappa shape index (κ2) is 13.6. The molecule has 15 heteroatoms. The van der Waals surface area contributed by atoms with Crippen molar-refractivity contribution in [1.82, 2.24) is 20.5 Å². The average molecular weight is 610 g/mol. The van der Waals surface area contributed by atoms with Gasteiger partial charge < -0.3 is 26.0 Å². The van der Waals surface area contributed by atoms with Gasteiger partial charge in [-0.2, -0.15) is 8.78 Å². The molecule has 41 heavy (non-hydrogen) atoms. The number of allylic oxidation sites excluding steroid dienone is 1. The highest BCUT2D eigenvalue weighted by Gasteiger charge is 2.36. The van der Waals surface area contributed by atoms with Crippen molar-refractivity contribution in [3.8, 4) is 0 Å². The fourth-order valence-electron chi connectivity index (χ4n) is 4.51. The Bertz CT molecular complexity index is 1400. The number of benzene rings is 1. The Morgan fingerprint density at radius 3 is 2.93 bits per heavy atom. The lowest BCUT2D eigenvalue weighted by Crippen LogP contribution is -2.45. The molecule has 0 bridgehead atoms. The Morgan fingerprint density at radius 2 is 2.24 bits per heavy atom. The van der Waals surface area contributed by atoms with Gasteiger partial charge in [0, 0.05) is 58.3 Å². The van der Waals surface area contributed by atoms with E-state index in [4.69, 9.17) is 27.1 Å². The van der Waals surface area contributed by atoms with E-state index in [1.807, 2.05) is 0 Å². The number of carbonyl (C=O) groups excluding carboxylic acids is 2. The maximum atomic E-state index is 14.0. The number of amides is 2. The minimum absolute atomic E-state index is 0.00355. The molecule has 1 fully saturated rings. The number of nitrogens with two attached hydrogens (primary N) is 1. The van der Waals surface area contributed by atoms with Crippen LogP contribution in [0.3, 0.4) is 0 Å². The van der Waals surface area contributed by atoms with E-state index in [-0.39, 0.29) is 48.8 Å². The van der Waals surface area contributed by atoms with E-state index < -0.39 is 24.5 Å². The molecule has 2 aromatic rings. The fraction of sp³-hybridized carbons (Fsp3) is 0.346. The standard InChI is InChI=1S/C26H27ClF3N7O3S/c1-2-40-26(39)34-12-15-4-6-20(38)37(15)13-19-21(18(31)7-8-33-25(29)30)22(16-5-3-14(28)11-17(16)27)36-23(35-19)24-32-9-10-41-24/h3,5,7-11,15,22,25H,2,4,6,12-13,31H2,1H3,(H,34,39)(H,35,36)/t15-,22-/m0/s1. The largest absolute Gasteiger partial charge is 0.450 e. The average Bonchev–Trinajstić information content (AvgIpc) is 3.58. The molecule has 0 unspecified atom stereocenters. The second-order valence-corrected chi connectivity index (χ2v) is 10.2. The summed E-state index contributed by atoms with van der Waals surface area (Å²) in [5, 5.41) is 8.23. The molecule has 1 aromatic heterocycles. The van der Waals surface area contributed by atoms with Crippen LogP contribution >= 0.6 is 22.9 Å². The minimum Gasteiger partial charge on any atom is -0.450 e. The monoisotopic (exact) mass is 609 g/mol. The summed E-state index contributed by atoms with van der Waals surface area (Å²) in [6, 6.07) is 2.54. The predicted octanol–water partition coefficient (Wildman–Crippen LogP) is 4.15. The van der Waals surface area contributed by atoms with Crippen molar-refractivity contribution in [2.45, 2.75) is 38.4 Å². The summed E-state index contributed by atoms with van der Waals surface area (Å²) in [4.78, 5) is 38.6. The number of hydrogen-bond acceptors (Lipinski definition) is 9. The summed E-state index contributed by atoms with van der Waals surface area (Å²) in [5.74, 6) is -0.369. The number of nitrogens with zero attached hydrogens (tertiary/aromatic N) is 4. The molecular weight excluding hydrogens is 583 g/mol. The van der Waals surface area contributed by atoms with Crippen LogP contribution in [0.4, 0.5) is 18.0 Å². The summed E-state index contributed by atoms with van der Waals surface area (Å²) >= 11 is 7.75. The Balaban J connectivity index is 1.80. The van der Waals surface area contributed by atoms with Gasteiger partial charge in [0.1, 0.15) is 11.9 Å². The highest BCUT2D eigenvalue weighted by molar-refractivity contribution is 7.11. The zero-order valence-electron chi connectivity index (χ0n) is 21.8. The van der Waals surface area contributed by atoms with E-state index in [0.29, 0.717) is 34.1 Å². The third kappa shape index (κ3) is 7.44. The lowest BCUT2D eigenvalue weighted by Gasteiger charge is -2.33. The van der Waals surface area contributed by atoms with E-state index in [1.165, 1.54) is 29.5 Å². The zero-order valence-corrected chi connectivity index (χ0v) is 23.4. The van der Waals surface area contributed by atoms with Crippen LogP contribution in [0, 0.1) is 5.82 Å². The highest BCUT2D eigenvalue weighted by Crippen LogP contribution is 2.38. The van der Waals surface area contributed by atoms with Crippen molar-refractivity contribution in [3.05, 3.63) is 74.2 Å². The van der Waals surface area contributed by atoms with Crippen LogP contribution in [-0.4, -0.2) is 66.2 Å². The van der Waals surface area contributed by atoms with Crippen molar-refractivity contribution >= 4 is 47.0 Å². The van der Waals surface area contributed by atoms with Crippen LogP contribution < -0.4 is 16.4 Å². The molecule has 0 saturated carbocycles. The normalized spacial score (nSPS) is 19.7. The van der Waals surface area contributed by atoms with Gasteiger partial charge in [-0.1, -0.05) is 17.7 Å². The van der Waals surface area contributed by atoms with Crippen molar-refractivity contribution in [2.75, 3.05) is 19.7 Å². The van der Waals surface area contributed by atoms with Crippen molar-refractivity contribution < 1.29 is 27.5 Å². The highest BCUT2D eigenvalue weighted by atomic mass is 35.5. The fourth-order valence-corrected chi connectivity index (χ4v) is 5.37. The number of carbonyl (C=O) groups is 2. The molecule has 2 aliphatic heterocycles. The number of alkyl halides is 2. The molecule has 2 atom stereocenters. The molecule has 4 N–H and O–H groups in total. The van der Waals surface area contributed by atoms with Gasteiger partial charge in [0.25, 0.3) is 0 Å². The van der Waals surface area contributed by atoms with Gasteiger partial charge in [0.05, 0.1) is 19.2 Å². The molecule has 4 rings (SSSR count). The lowest BCUT2D eigenvalue weighted by molar-refractivity contribution is -0.128. The third-order valence-corrected chi connectivity index (χ3v) is 7.43. The van der Waals surface area contributed by atoms with E-state index >= 15 is 0 Å². The number of aliphatic imine (C=N–C) groups is 2. The summed E-state index contributed by atoms with van der Waals surface area (Å²) in [6.07, 6.45) is 3.81. The summed E-state index contributed by atoms with van der Waals surface area (Å²) in [6.45, 7) is -0.901. The zero-order chi connectivity index (χ0) is 29.5. The number of aromatic nitrogens is 1. The molecule has 2 amide bonds. The molecule has 0 radical (unpaired) electrons. The van der Waals surface area contributed by atoms with Crippen molar-refractivity contribution in [3.63, 3.8) is 0 Å². The first-order valence-corrected chi connectivity index (χ1v) is 13.8. The van der Waals surface area contributed by atoms with Crippen LogP contribution in [0.15, 0.2) is 62.8 Å². The van der Waals surface area contributed by atoms with Gasteiger partial charge in [0.2, 0.25) is 5.91 Å². The topological polar surface area (TPSA) is 134 Å². The lowest BCUT2D eigenvalue weighted by atomic mass is 9.92. The first-order valence-electron chi connectivity index (χ1n) is 12.6. The summed E-state index contributed by atoms with van der Waals surface area (Å²) in [7, 11) is 0. The Labute approximate surface area is 242 Å². The van der Waals surface area contributed by atoms with E-state index in [9.17, 15) is 22.8 Å². The maximum Gasteiger partial charge on any atom is 0.407 e. The summed E-state index contributed by atoms with van der Waals surface area (Å²) < 4.78 is 44.3. The van der Waals surface area contributed by atoms with Crippen molar-refractivity contribution in [1.29, 1.82) is 0 Å². The first-order chi connectivity index (χ1) is 19.7. The number of alkyl carbamates (subject to hydrolysis) is 1. The smallest absolute Gasteiger partial charge is 0.407 e. The van der Waals surface area contributed by atoms with Gasteiger partial charge in [0.15, 0.2) is 10.8 Å². The summed E-state index contributed by atoms with van der Waals surface area (Å²) in [5.41, 5.74) is 7.60. The van der Waals surface area contributed by atoms with Gasteiger partial charge in [-0.15, -0.1) is 11.3 Å². The molecular formula is C26H27ClF3N7O3S. The first kappa shape index (κ1) is 30.1. The van der Waals surface area contributed by atoms with Gasteiger partial charge in [-0.25, -0.2) is 19.2 Å². The quantitative estimate of drug-likeness (QED) is 0.274. The molecule has 1 saturated heterocycles. The number of rotatable bonds is 10. The molecule has 0 spiro atoms. The Kier molecular flexibility index (Phi) is 10.00. The molecule has 1 aromatic carbocycles. The molecule has 3 heterocycles. The van der Waals surface area contributed by atoms with Crippen LogP contribution in [-0.2, 0) is 9.53 Å². The second-order valence-electron chi connectivity index (χ2n) is 8.91. The van der Waals surface area contributed by atoms with Gasteiger partial charge in [-0.3, -0.25) is 9.79 Å². The van der Waals surface area contributed by atoms with Gasteiger partial charge >= 0.3 is 12.6 Å². The molecule has 2 aliphatic rings. The number of nitrogens with one attached hydrogen (secondary N) is 2. The number of hydrogen-bond donors (Lipinski definition) is 3. The van der Waals surface area contributed by atoms with Crippen LogP contribution in [0.1, 0.15) is 36.4 Å². The molecule has 0 aliphatic carbocycles.